The molecule has 2 aromatic rings. The lowest BCUT2D eigenvalue weighted by Crippen LogP contribution is -2.40. The van der Waals surface area contributed by atoms with Crippen LogP contribution in [0.4, 0.5) is 0 Å². The van der Waals surface area contributed by atoms with Crippen molar-refractivity contribution in [2.24, 2.45) is 0 Å². The first-order chi connectivity index (χ1) is 15.8. The van der Waals surface area contributed by atoms with E-state index in [1.165, 1.54) is 13.8 Å². The standard InChI is InChI=1S/C25H30N2O6/c1-18(28)26-22(13-20-9-5-3-6-10-20)16-32-24(30)15-25(31)33-17-23(27-19(2)29)14-21-11-7-4-8-12-21/h3-12,22-23H,13-17H2,1-2H3,(H,26,28)(H,27,29). The van der Waals surface area contributed by atoms with Crippen LogP contribution in [0.1, 0.15) is 31.4 Å². The van der Waals surface area contributed by atoms with Crippen molar-refractivity contribution < 1.29 is 28.7 Å². The van der Waals surface area contributed by atoms with Crippen LogP contribution in [0.3, 0.4) is 0 Å². The average molecular weight is 455 g/mol. The Hall–Kier alpha value is -3.68. The summed E-state index contributed by atoms with van der Waals surface area (Å²) in [5.41, 5.74) is 1.96. The van der Waals surface area contributed by atoms with E-state index in [2.05, 4.69) is 10.6 Å². The number of esters is 2. The van der Waals surface area contributed by atoms with Gasteiger partial charge in [0.2, 0.25) is 11.8 Å². The molecular weight excluding hydrogens is 424 g/mol. The van der Waals surface area contributed by atoms with E-state index < -0.39 is 30.4 Å². The molecule has 0 aliphatic carbocycles. The van der Waals surface area contributed by atoms with Crippen molar-refractivity contribution in [2.45, 2.75) is 45.2 Å². The van der Waals surface area contributed by atoms with E-state index in [0.717, 1.165) is 11.1 Å². The first-order valence-corrected chi connectivity index (χ1v) is 10.7. The number of hydrogen-bond donors (Lipinski definition) is 2. The molecule has 0 aliphatic rings. The normalized spacial score (nSPS) is 12.2. The fraction of sp³-hybridized carbons (Fsp3) is 0.360. The summed E-state index contributed by atoms with van der Waals surface area (Å²) in [6.07, 6.45) is 0.405. The summed E-state index contributed by atoms with van der Waals surface area (Å²) in [6, 6.07) is 18.1. The summed E-state index contributed by atoms with van der Waals surface area (Å²) in [5, 5.41) is 5.49. The highest BCUT2D eigenvalue weighted by molar-refractivity contribution is 5.91. The molecule has 2 unspecified atom stereocenters. The first kappa shape index (κ1) is 25.6. The molecular formula is C25H30N2O6. The van der Waals surface area contributed by atoms with Gasteiger partial charge < -0.3 is 20.1 Å². The third-order valence-electron chi connectivity index (χ3n) is 4.64. The Morgan fingerprint density at radius 1 is 0.667 bits per heavy atom. The van der Waals surface area contributed by atoms with E-state index in [4.69, 9.17) is 9.47 Å². The fourth-order valence-corrected chi connectivity index (χ4v) is 3.28. The lowest BCUT2D eigenvalue weighted by molar-refractivity contribution is -0.156. The van der Waals surface area contributed by atoms with E-state index in [-0.39, 0.29) is 25.0 Å². The van der Waals surface area contributed by atoms with Crippen LogP contribution in [0.2, 0.25) is 0 Å². The van der Waals surface area contributed by atoms with E-state index >= 15 is 0 Å². The molecule has 0 saturated carbocycles. The first-order valence-electron chi connectivity index (χ1n) is 10.7. The average Bonchev–Trinajstić information content (AvgIpc) is 2.76. The zero-order chi connectivity index (χ0) is 24.1. The summed E-state index contributed by atoms with van der Waals surface area (Å²) >= 11 is 0. The third-order valence-corrected chi connectivity index (χ3v) is 4.64. The Kier molecular flexibility index (Phi) is 10.6. The van der Waals surface area contributed by atoms with Crippen molar-refractivity contribution in [2.75, 3.05) is 13.2 Å². The van der Waals surface area contributed by atoms with Crippen LogP contribution in [-0.4, -0.2) is 49.1 Å². The molecule has 0 fully saturated rings. The molecule has 8 nitrogen and oxygen atoms in total. The predicted octanol–water partition coefficient (Wildman–Crippen LogP) is 1.96. The lowest BCUT2D eigenvalue weighted by atomic mass is 10.1. The second-order valence-electron chi connectivity index (χ2n) is 7.72. The number of nitrogens with one attached hydrogen (secondary N) is 2. The molecule has 2 aromatic carbocycles. The largest absolute Gasteiger partial charge is 0.463 e. The molecule has 2 rings (SSSR count). The van der Waals surface area contributed by atoms with E-state index in [9.17, 15) is 19.2 Å². The van der Waals surface area contributed by atoms with Crippen LogP contribution in [0.15, 0.2) is 60.7 Å². The van der Waals surface area contributed by atoms with Crippen molar-refractivity contribution >= 4 is 23.8 Å². The maximum Gasteiger partial charge on any atom is 0.317 e. The summed E-state index contributed by atoms with van der Waals surface area (Å²) in [5.74, 6) is -1.98. The molecule has 0 heterocycles. The molecule has 0 radical (unpaired) electrons. The SMILES string of the molecule is CC(=O)NC(COC(=O)CC(=O)OCC(Cc1ccccc1)NC(C)=O)Cc1ccccc1. The number of hydrogen-bond acceptors (Lipinski definition) is 6. The summed E-state index contributed by atoms with van der Waals surface area (Å²) in [4.78, 5) is 47.1. The van der Waals surface area contributed by atoms with E-state index in [0.29, 0.717) is 12.8 Å². The van der Waals surface area contributed by atoms with Crippen LogP contribution >= 0.6 is 0 Å². The zero-order valence-electron chi connectivity index (χ0n) is 18.9. The minimum atomic E-state index is -0.748. The molecule has 0 bridgehead atoms. The monoisotopic (exact) mass is 454 g/mol. The maximum absolute atomic E-state index is 12.1. The van der Waals surface area contributed by atoms with Gasteiger partial charge in [-0.05, 0) is 24.0 Å². The Labute approximate surface area is 193 Å². The van der Waals surface area contributed by atoms with Gasteiger partial charge in [-0.1, -0.05) is 60.7 Å². The van der Waals surface area contributed by atoms with Gasteiger partial charge in [-0.2, -0.15) is 0 Å². The number of rotatable bonds is 12. The number of benzene rings is 2. The topological polar surface area (TPSA) is 111 Å². The molecule has 8 heteroatoms. The molecule has 2 amide bonds. The summed E-state index contributed by atoms with van der Waals surface area (Å²) < 4.78 is 10.4. The van der Waals surface area contributed by atoms with E-state index in [1.54, 1.807) is 0 Å². The van der Waals surface area contributed by atoms with Gasteiger partial charge in [0.15, 0.2) is 0 Å². The van der Waals surface area contributed by atoms with Gasteiger partial charge in [0.1, 0.15) is 19.6 Å². The molecule has 0 saturated heterocycles. The van der Waals surface area contributed by atoms with Gasteiger partial charge in [-0.25, -0.2) is 0 Å². The van der Waals surface area contributed by atoms with Crippen LogP contribution in [-0.2, 0) is 41.5 Å². The van der Waals surface area contributed by atoms with Crippen LogP contribution in [0.25, 0.3) is 0 Å². The van der Waals surface area contributed by atoms with Crippen molar-refractivity contribution in [1.29, 1.82) is 0 Å². The smallest absolute Gasteiger partial charge is 0.317 e. The van der Waals surface area contributed by atoms with Crippen LogP contribution < -0.4 is 10.6 Å². The molecule has 0 aliphatic heterocycles. The molecule has 0 aromatic heterocycles. The fourth-order valence-electron chi connectivity index (χ4n) is 3.28. The second-order valence-corrected chi connectivity index (χ2v) is 7.72. The highest BCUT2D eigenvalue weighted by Gasteiger charge is 2.19. The maximum atomic E-state index is 12.1. The highest BCUT2D eigenvalue weighted by atomic mass is 16.6. The van der Waals surface area contributed by atoms with E-state index in [1.807, 2.05) is 60.7 Å². The Morgan fingerprint density at radius 3 is 1.36 bits per heavy atom. The second kappa shape index (κ2) is 13.7. The Morgan fingerprint density at radius 2 is 1.03 bits per heavy atom. The van der Waals surface area contributed by atoms with Crippen molar-refractivity contribution in [3.05, 3.63) is 71.8 Å². The minimum Gasteiger partial charge on any atom is -0.463 e. The van der Waals surface area contributed by atoms with Crippen molar-refractivity contribution in [3.8, 4) is 0 Å². The van der Waals surface area contributed by atoms with Crippen LogP contribution in [0, 0.1) is 0 Å². The van der Waals surface area contributed by atoms with Gasteiger partial charge >= 0.3 is 11.9 Å². The summed E-state index contributed by atoms with van der Waals surface area (Å²) in [6.45, 7) is 2.64. The van der Waals surface area contributed by atoms with Crippen LogP contribution in [0.5, 0.6) is 0 Å². The molecule has 33 heavy (non-hydrogen) atoms. The highest BCUT2D eigenvalue weighted by Crippen LogP contribution is 2.06. The summed E-state index contributed by atoms with van der Waals surface area (Å²) in [7, 11) is 0. The van der Waals surface area contributed by atoms with Gasteiger partial charge in [0.25, 0.3) is 0 Å². The molecule has 2 N–H and O–H groups in total. The molecule has 0 spiro atoms. The lowest BCUT2D eigenvalue weighted by Gasteiger charge is -2.19. The number of carbonyl (C=O) groups is 4. The third kappa shape index (κ3) is 11.0. The Bertz CT molecular complexity index is 842. The van der Waals surface area contributed by atoms with Crippen molar-refractivity contribution in [1.82, 2.24) is 10.6 Å². The van der Waals surface area contributed by atoms with Gasteiger partial charge in [0, 0.05) is 13.8 Å². The quantitative estimate of drug-likeness (QED) is 0.375. The zero-order valence-corrected chi connectivity index (χ0v) is 18.9. The number of carbonyl (C=O) groups excluding carboxylic acids is 4. The van der Waals surface area contributed by atoms with Gasteiger partial charge in [0.05, 0.1) is 12.1 Å². The minimum absolute atomic E-state index is 0.0664. The number of ether oxygens (including phenoxy) is 2. The predicted molar refractivity (Wildman–Crippen MR) is 122 cm³/mol. The van der Waals surface area contributed by atoms with Crippen molar-refractivity contribution in [3.63, 3.8) is 0 Å². The van der Waals surface area contributed by atoms with Gasteiger partial charge in [-0.15, -0.1) is 0 Å². The molecule has 176 valence electrons. The molecule has 2 atom stereocenters. The number of amides is 2. The van der Waals surface area contributed by atoms with Gasteiger partial charge in [-0.3, -0.25) is 19.2 Å². The Balaban J connectivity index is 1.80.